The molecular weight excluding hydrogens is 444 g/mol. The first-order chi connectivity index (χ1) is 15.8. The number of amides is 2. The summed E-state index contributed by atoms with van der Waals surface area (Å²) in [6.45, 7) is 1.99. The molecule has 2 amide bonds. The van der Waals surface area contributed by atoms with E-state index in [0.29, 0.717) is 30.8 Å². The van der Waals surface area contributed by atoms with Crippen LogP contribution in [0.3, 0.4) is 0 Å². The molecule has 2 aromatic rings. The number of hydrogen-bond acceptors (Lipinski definition) is 6. The lowest BCUT2D eigenvalue weighted by Gasteiger charge is -2.29. The van der Waals surface area contributed by atoms with Crippen molar-refractivity contribution in [1.29, 1.82) is 0 Å². The maximum Gasteiger partial charge on any atom is 0.269 e. The minimum absolute atomic E-state index is 0.0850. The lowest BCUT2D eigenvalue weighted by Crippen LogP contribution is -2.47. The SMILES string of the molecule is C#CCN1CCC(C(=O)NNC(=O)c2cccc(S(=O)(=O)Nc3ccc(OC)cc3)c2)CC1. The zero-order valence-electron chi connectivity index (χ0n) is 18.2. The summed E-state index contributed by atoms with van der Waals surface area (Å²) in [5, 5.41) is 0. The number of sulfonamides is 1. The molecule has 0 saturated carbocycles. The maximum atomic E-state index is 12.7. The van der Waals surface area contributed by atoms with E-state index in [4.69, 9.17) is 11.2 Å². The quantitative estimate of drug-likeness (QED) is 0.418. The Bertz CT molecular complexity index is 1130. The molecule has 0 aromatic heterocycles. The fraction of sp³-hybridized carbons (Fsp3) is 0.304. The van der Waals surface area contributed by atoms with Crippen molar-refractivity contribution < 1.29 is 22.7 Å². The first kappa shape index (κ1) is 24.1. The number of ether oxygens (including phenoxy) is 1. The zero-order valence-corrected chi connectivity index (χ0v) is 19.0. The van der Waals surface area contributed by atoms with Crippen LogP contribution < -0.4 is 20.3 Å². The number of benzene rings is 2. The highest BCUT2D eigenvalue weighted by Crippen LogP contribution is 2.20. The van der Waals surface area contributed by atoms with E-state index >= 15 is 0 Å². The van der Waals surface area contributed by atoms with Crippen LogP contribution in [0.25, 0.3) is 0 Å². The molecular formula is C23H26N4O5S. The second kappa shape index (κ2) is 10.8. The number of terminal acetylenes is 1. The molecule has 1 aliphatic heterocycles. The van der Waals surface area contributed by atoms with Crippen molar-refractivity contribution in [3.8, 4) is 18.1 Å². The van der Waals surface area contributed by atoms with Gasteiger partial charge in [-0.3, -0.25) is 30.1 Å². The number of carbonyl (C=O) groups excluding carboxylic acids is 2. The number of hydrogen-bond donors (Lipinski definition) is 3. The van der Waals surface area contributed by atoms with E-state index in [1.54, 1.807) is 24.3 Å². The molecule has 1 aliphatic rings. The number of hydrazine groups is 1. The van der Waals surface area contributed by atoms with Gasteiger partial charge in [-0.15, -0.1) is 6.42 Å². The average molecular weight is 471 g/mol. The van der Waals surface area contributed by atoms with Gasteiger partial charge < -0.3 is 4.74 Å². The Kier molecular flexibility index (Phi) is 7.92. The van der Waals surface area contributed by atoms with Gasteiger partial charge in [0.05, 0.1) is 18.6 Å². The van der Waals surface area contributed by atoms with Crippen LogP contribution in [0.1, 0.15) is 23.2 Å². The van der Waals surface area contributed by atoms with Crippen LogP contribution in [0.2, 0.25) is 0 Å². The van der Waals surface area contributed by atoms with Gasteiger partial charge in [0.25, 0.3) is 15.9 Å². The van der Waals surface area contributed by atoms with Crippen LogP contribution in [0.15, 0.2) is 53.4 Å². The molecule has 0 aliphatic carbocycles. The molecule has 0 radical (unpaired) electrons. The highest BCUT2D eigenvalue weighted by atomic mass is 32.2. The molecule has 1 saturated heterocycles. The predicted octanol–water partition coefficient (Wildman–Crippen LogP) is 1.60. The van der Waals surface area contributed by atoms with Crippen LogP contribution in [-0.2, 0) is 14.8 Å². The number of rotatable bonds is 7. The monoisotopic (exact) mass is 470 g/mol. The van der Waals surface area contributed by atoms with Gasteiger partial charge in [0.1, 0.15) is 5.75 Å². The van der Waals surface area contributed by atoms with Crippen LogP contribution in [0, 0.1) is 18.3 Å². The van der Waals surface area contributed by atoms with Gasteiger partial charge in [-0.05, 0) is 68.4 Å². The molecule has 1 fully saturated rings. The molecule has 2 aromatic carbocycles. The van der Waals surface area contributed by atoms with E-state index in [1.165, 1.54) is 31.4 Å². The minimum Gasteiger partial charge on any atom is -0.497 e. The van der Waals surface area contributed by atoms with Crippen molar-refractivity contribution >= 4 is 27.5 Å². The molecule has 174 valence electrons. The third kappa shape index (κ3) is 6.47. The summed E-state index contributed by atoms with van der Waals surface area (Å²) in [7, 11) is -2.41. The maximum absolute atomic E-state index is 12.7. The highest BCUT2D eigenvalue weighted by Gasteiger charge is 2.25. The molecule has 33 heavy (non-hydrogen) atoms. The normalized spacial score (nSPS) is 14.7. The lowest BCUT2D eigenvalue weighted by atomic mass is 9.96. The van der Waals surface area contributed by atoms with Gasteiger partial charge in [0.2, 0.25) is 5.91 Å². The third-order valence-corrected chi connectivity index (χ3v) is 6.70. The van der Waals surface area contributed by atoms with E-state index in [0.717, 1.165) is 13.1 Å². The first-order valence-electron chi connectivity index (χ1n) is 10.4. The molecule has 0 unspecified atom stereocenters. The van der Waals surface area contributed by atoms with Crippen molar-refractivity contribution in [3.63, 3.8) is 0 Å². The number of likely N-dealkylation sites (tertiary alicyclic amines) is 1. The van der Waals surface area contributed by atoms with Crippen molar-refractivity contribution in [2.24, 2.45) is 5.92 Å². The molecule has 10 heteroatoms. The van der Waals surface area contributed by atoms with Gasteiger partial charge >= 0.3 is 0 Å². The van der Waals surface area contributed by atoms with Crippen molar-refractivity contribution in [2.75, 3.05) is 31.5 Å². The van der Waals surface area contributed by atoms with Crippen molar-refractivity contribution in [2.45, 2.75) is 17.7 Å². The summed E-state index contributed by atoms with van der Waals surface area (Å²) in [5.74, 6) is 2.06. The number of piperidine rings is 1. The number of nitrogens with zero attached hydrogens (tertiary/aromatic N) is 1. The van der Waals surface area contributed by atoms with Gasteiger partial charge in [-0.1, -0.05) is 12.0 Å². The Morgan fingerprint density at radius 3 is 2.45 bits per heavy atom. The lowest BCUT2D eigenvalue weighted by molar-refractivity contribution is -0.127. The fourth-order valence-corrected chi connectivity index (χ4v) is 4.56. The molecule has 0 atom stereocenters. The van der Waals surface area contributed by atoms with Crippen LogP contribution in [0.5, 0.6) is 5.75 Å². The van der Waals surface area contributed by atoms with Crippen LogP contribution in [-0.4, -0.2) is 51.9 Å². The second-order valence-corrected chi connectivity index (χ2v) is 9.24. The molecule has 0 spiro atoms. The van der Waals surface area contributed by atoms with Crippen LogP contribution >= 0.6 is 0 Å². The average Bonchev–Trinajstić information content (AvgIpc) is 2.83. The van der Waals surface area contributed by atoms with E-state index in [9.17, 15) is 18.0 Å². The first-order valence-corrected chi connectivity index (χ1v) is 11.8. The predicted molar refractivity (Wildman–Crippen MR) is 124 cm³/mol. The second-order valence-electron chi connectivity index (χ2n) is 7.56. The summed E-state index contributed by atoms with van der Waals surface area (Å²) < 4.78 is 32.9. The smallest absolute Gasteiger partial charge is 0.269 e. The summed E-state index contributed by atoms with van der Waals surface area (Å²) in [6, 6.07) is 11.9. The fourth-order valence-electron chi connectivity index (χ4n) is 3.45. The standard InChI is InChI=1S/C23H26N4O5S/c1-3-13-27-14-11-17(12-15-27)22(28)24-25-23(29)18-5-4-6-21(16-18)33(30,31)26-19-7-9-20(32-2)10-8-19/h1,4-10,16-17,26H,11-15H2,2H3,(H,24,28)(H,25,29). The molecule has 9 nitrogen and oxygen atoms in total. The topological polar surface area (TPSA) is 117 Å². The zero-order chi connectivity index (χ0) is 23.8. The van der Waals surface area contributed by atoms with Gasteiger partial charge in [0, 0.05) is 17.2 Å². The Balaban J connectivity index is 1.58. The largest absolute Gasteiger partial charge is 0.497 e. The molecule has 0 bridgehead atoms. The summed E-state index contributed by atoms with van der Waals surface area (Å²) >= 11 is 0. The Hall–Kier alpha value is -3.55. The van der Waals surface area contributed by atoms with Crippen molar-refractivity contribution in [1.82, 2.24) is 15.8 Å². The molecule has 3 N–H and O–H groups in total. The number of nitrogens with one attached hydrogen (secondary N) is 3. The number of methoxy groups -OCH3 is 1. The van der Waals surface area contributed by atoms with Gasteiger partial charge in [-0.2, -0.15) is 0 Å². The summed E-state index contributed by atoms with van der Waals surface area (Å²) in [6.07, 6.45) is 6.61. The summed E-state index contributed by atoms with van der Waals surface area (Å²) in [4.78, 5) is 26.9. The molecule has 3 rings (SSSR count). The third-order valence-electron chi connectivity index (χ3n) is 5.32. The Morgan fingerprint density at radius 1 is 1.12 bits per heavy atom. The highest BCUT2D eigenvalue weighted by molar-refractivity contribution is 7.92. The van der Waals surface area contributed by atoms with E-state index in [1.807, 2.05) is 0 Å². The Morgan fingerprint density at radius 2 is 1.82 bits per heavy atom. The number of carbonyl (C=O) groups is 2. The van der Waals surface area contributed by atoms with E-state index < -0.39 is 15.9 Å². The van der Waals surface area contributed by atoms with E-state index in [2.05, 4.69) is 26.4 Å². The van der Waals surface area contributed by atoms with Gasteiger partial charge in [0.15, 0.2) is 0 Å². The number of anilines is 1. The summed E-state index contributed by atoms with van der Waals surface area (Å²) in [5.41, 5.74) is 5.24. The van der Waals surface area contributed by atoms with E-state index in [-0.39, 0.29) is 22.3 Å². The minimum atomic E-state index is -3.92. The van der Waals surface area contributed by atoms with Crippen LogP contribution in [0.4, 0.5) is 5.69 Å². The molecule has 1 heterocycles. The van der Waals surface area contributed by atoms with Crippen molar-refractivity contribution in [3.05, 3.63) is 54.1 Å². The van der Waals surface area contributed by atoms with Gasteiger partial charge in [-0.25, -0.2) is 8.42 Å². The Labute approximate surface area is 193 Å².